The summed E-state index contributed by atoms with van der Waals surface area (Å²) in [7, 11) is 3.70. The third kappa shape index (κ3) is 6.17. The zero-order valence-electron chi connectivity index (χ0n) is 15.8. The number of aliphatic imine (C=N–C) groups is 1. The van der Waals surface area contributed by atoms with E-state index < -0.39 is 0 Å². The summed E-state index contributed by atoms with van der Waals surface area (Å²) in [6.07, 6.45) is 5.60. The van der Waals surface area contributed by atoms with E-state index in [-0.39, 0.29) is 35.9 Å². The lowest BCUT2D eigenvalue weighted by Gasteiger charge is -2.34. The third-order valence-corrected chi connectivity index (χ3v) is 4.49. The van der Waals surface area contributed by atoms with E-state index in [9.17, 15) is 4.39 Å². The lowest BCUT2D eigenvalue weighted by atomic mass is 10.1. The molecule has 1 fully saturated rings. The average molecular weight is 487 g/mol. The molecule has 1 aromatic heterocycles. The number of aromatic nitrogens is 2. The van der Waals surface area contributed by atoms with E-state index in [2.05, 4.69) is 20.3 Å². The highest BCUT2D eigenvalue weighted by atomic mass is 127. The van der Waals surface area contributed by atoms with Crippen LogP contribution in [0, 0.1) is 5.82 Å². The van der Waals surface area contributed by atoms with E-state index in [1.807, 2.05) is 25.5 Å². The van der Waals surface area contributed by atoms with Gasteiger partial charge in [-0.25, -0.2) is 4.39 Å². The van der Waals surface area contributed by atoms with Crippen LogP contribution in [-0.4, -0.2) is 53.9 Å². The first-order valence-electron chi connectivity index (χ1n) is 8.96. The van der Waals surface area contributed by atoms with Crippen molar-refractivity contribution in [3.05, 3.63) is 53.6 Å². The van der Waals surface area contributed by atoms with Crippen LogP contribution in [0.1, 0.15) is 23.7 Å². The number of hydrogen-bond acceptors (Lipinski definition) is 3. The van der Waals surface area contributed by atoms with Crippen molar-refractivity contribution in [3.63, 3.8) is 0 Å². The van der Waals surface area contributed by atoms with Gasteiger partial charge in [-0.3, -0.25) is 9.67 Å². The summed E-state index contributed by atoms with van der Waals surface area (Å²) in [5.41, 5.74) is 2.10. The largest absolute Gasteiger partial charge is 0.370 e. The van der Waals surface area contributed by atoms with Gasteiger partial charge in [0.05, 0.1) is 19.3 Å². The molecule has 1 aromatic carbocycles. The summed E-state index contributed by atoms with van der Waals surface area (Å²) < 4.78 is 20.9. The molecule has 0 saturated carbocycles. The first-order chi connectivity index (χ1) is 12.7. The van der Waals surface area contributed by atoms with Crippen LogP contribution < -0.4 is 5.32 Å². The molecular weight excluding hydrogens is 460 g/mol. The van der Waals surface area contributed by atoms with Gasteiger partial charge in [0, 0.05) is 38.9 Å². The molecule has 27 heavy (non-hydrogen) atoms. The van der Waals surface area contributed by atoms with E-state index in [0.717, 1.165) is 49.6 Å². The van der Waals surface area contributed by atoms with Crippen molar-refractivity contribution in [1.29, 1.82) is 0 Å². The zero-order valence-corrected chi connectivity index (χ0v) is 18.1. The van der Waals surface area contributed by atoms with Crippen LogP contribution in [0.4, 0.5) is 4.39 Å². The Labute approximate surface area is 176 Å². The molecule has 1 aliphatic heterocycles. The number of nitrogens with one attached hydrogen (secondary N) is 1. The van der Waals surface area contributed by atoms with E-state index in [1.165, 1.54) is 6.07 Å². The predicted octanol–water partition coefficient (Wildman–Crippen LogP) is 2.76. The standard InChI is InChI=1S/C19H26FN5O.HI/c1-21-19(22-8-4-6-15-5-3-7-17(20)11-15)25-9-10-26-18(14-25)16-12-23-24(2)13-16;/h3,5,7,11-13,18H,4,6,8-10,14H2,1-2H3,(H,21,22);1H. The number of ether oxygens (including phenoxy) is 1. The molecule has 3 rings (SSSR count). The van der Waals surface area contributed by atoms with Crippen molar-refractivity contribution in [2.75, 3.05) is 33.3 Å². The van der Waals surface area contributed by atoms with Crippen LogP contribution in [0.25, 0.3) is 0 Å². The molecule has 1 saturated heterocycles. The zero-order chi connectivity index (χ0) is 18.4. The van der Waals surface area contributed by atoms with Gasteiger partial charge in [0.1, 0.15) is 11.9 Å². The van der Waals surface area contributed by atoms with Crippen LogP contribution in [0.3, 0.4) is 0 Å². The van der Waals surface area contributed by atoms with Crippen molar-refractivity contribution < 1.29 is 9.13 Å². The number of rotatable bonds is 5. The number of hydrogen-bond donors (Lipinski definition) is 1. The molecule has 2 heterocycles. The summed E-state index contributed by atoms with van der Waals surface area (Å²) in [4.78, 5) is 6.61. The van der Waals surface area contributed by atoms with Gasteiger partial charge in [0.2, 0.25) is 0 Å². The number of guanidine groups is 1. The number of nitrogens with zero attached hydrogens (tertiary/aromatic N) is 4. The third-order valence-electron chi connectivity index (χ3n) is 4.49. The normalized spacial score (nSPS) is 17.5. The van der Waals surface area contributed by atoms with Crippen LogP contribution >= 0.6 is 24.0 Å². The Balaban J connectivity index is 0.00000261. The van der Waals surface area contributed by atoms with Gasteiger partial charge in [-0.05, 0) is 30.5 Å². The SMILES string of the molecule is CN=C(NCCCc1cccc(F)c1)N1CCOC(c2cnn(C)c2)C1.I. The van der Waals surface area contributed by atoms with Crippen LogP contribution in [0.15, 0.2) is 41.7 Å². The molecule has 0 radical (unpaired) electrons. The van der Waals surface area contributed by atoms with Gasteiger partial charge in [0.15, 0.2) is 5.96 Å². The molecular formula is C19H27FIN5O. The summed E-state index contributed by atoms with van der Waals surface area (Å²) in [5.74, 6) is 0.697. The van der Waals surface area contributed by atoms with Crippen LogP contribution in [-0.2, 0) is 18.2 Å². The Kier molecular flexibility index (Phi) is 8.49. The Hall–Kier alpha value is -1.68. The molecule has 0 bridgehead atoms. The number of morpholine rings is 1. The highest BCUT2D eigenvalue weighted by Crippen LogP contribution is 2.21. The number of aryl methyl sites for hydroxylation is 2. The topological polar surface area (TPSA) is 54.7 Å². The Morgan fingerprint density at radius 3 is 3.00 bits per heavy atom. The van der Waals surface area contributed by atoms with Crippen molar-refractivity contribution >= 4 is 29.9 Å². The number of halogens is 2. The van der Waals surface area contributed by atoms with Crippen molar-refractivity contribution in [2.24, 2.45) is 12.0 Å². The van der Waals surface area contributed by atoms with Crippen molar-refractivity contribution in [1.82, 2.24) is 20.0 Å². The highest BCUT2D eigenvalue weighted by molar-refractivity contribution is 14.0. The van der Waals surface area contributed by atoms with Crippen molar-refractivity contribution in [3.8, 4) is 0 Å². The van der Waals surface area contributed by atoms with Gasteiger partial charge in [0.25, 0.3) is 0 Å². The molecule has 0 spiro atoms. The lowest BCUT2D eigenvalue weighted by molar-refractivity contribution is -0.00801. The molecule has 1 aliphatic rings. The fourth-order valence-corrected chi connectivity index (χ4v) is 3.17. The van der Waals surface area contributed by atoms with Crippen LogP contribution in [0.2, 0.25) is 0 Å². The number of benzene rings is 1. The minimum Gasteiger partial charge on any atom is -0.370 e. The van der Waals surface area contributed by atoms with E-state index in [4.69, 9.17) is 4.74 Å². The van der Waals surface area contributed by atoms with E-state index in [0.29, 0.717) is 6.61 Å². The second-order valence-electron chi connectivity index (χ2n) is 6.46. The van der Waals surface area contributed by atoms with Crippen molar-refractivity contribution in [2.45, 2.75) is 18.9 Å². The summed E-state index contributed by atoms with van der Waals surface area (Å²) in [6.45, 7) is 3.00. The first-order valence-corrected chi connectivity index (χ1v) is 8.96. The first kappa shape index (κ1) is 21.6. The van der Waals surface area contributed by atoms with Crippen LogP contribution in [0.5, 0.6) is 0 Å². The van der Waals surface area contributed by atoms with Gasteiger partial charge >= 0.3 is 0 Å². The van der Waals surface area contributed by atoms with E-state index in [1.54, 1.807) is 23.9 Å². The molecule has 1 atom stereocenters. The minimum atomic E-state index is -0.180. The van der Waals surface area contributed by atoms with Gasteiger partial charge < -0.3 is 15.0 Å². The Bertz CT molecular complexity index is 751. The Morgan fingerprint density at radius 1 is 1.44 bits per heavy atom. The second-order valence-corrected chi connectivity index (χ2v) is 6.46. The minimum absolute atomic E-state index is 0. The molecule has 0 amide bonds. The Morgan fingerprint density at radius 2 is 2.30 bits per heavy atom. The maximum atomic E-state index is 13.2. The van der Waals surface area contributed by atoms with Gasteiger partial charge in [-0.15, -0.1) is 24.0 Å². The quantitative estimate of drug-likeness (QED) is 0.305. The average Bonchev–Trinajstić information content (AvgIpc) is 3.08. The maximum Gasteiger partial charge on any atom is 0.193 e. The predicted molar refractivity (Wildman–Crippen MR) is 115 cm³/mol. The monoisotopic (exact) mass is 487 g/mol. The van der Waals surface area contributed by atoms with E-state index >= 15 is 0 Å². The maximum absolute atomic E-state index is 13.2. The lowest BCUT2D eigenvalue weighted by Crippen LogP contribution is -2.48. The molecule has 6 nitrogen and oxygen atoms in total. The summed E-state index contributed by atoms with van der Waals surface area (Å²) >= 11 is 0. The molecule has 8 heteroatoms. The fraction of sp³-hybridized carbons (Fsp3) is 0.474. The molecule has 1 N–H and O–H groups in total. The molecule has 1 unspecified atom stereocenters. The summed E-state index contributed by atoms with van der Waals surface area (Å²) in [6, 6.07) is 6.78. The summed E-state index contributed by atoms with van der Waals surface area (Å²) in [5, 5.41) is 7.63. The molecule has 2 aromatic rings. The van der Waals surface area contributed by atoms with Gasteiger partial charge in [-0.1, -0.05) is 12.1 Å². The van der Waals surface area contributed by atoms with Gasteiger partial charge in [-0.2, -0.15) is 5.10 Å². The molecule has 148 valence electrons. The highest BCUT2D eigenvalue weighted by Gasteiger charge is 2.24. The molecule has 0 aliphatic carbocycles. The fourth-order valence-electron chi connectivity index (χ4n) is 3.17. The smallest absolute Gasteiger partial charge is 0.193 e. The second kappa shape index (κ2) is 10.6.